The minimum absolute atomic E-state index is 0.0997. The van der Waals surface area contributed by atoms with Gasteiger partial charge in [-0.25, -0.2) is 9.38 Å². The highest BCUT2D eigenvalue weighted by Gasteiger charge is 2.13. The van der Waals surface area contributed by atoms with E-state index >= 15 is 0 Å². The highest BCUT2D eigenvalue weighted by molar-refractivity contribution is 7.15. The molecule has 0 spiro atoms. The van der Waals surface area contributed by atoms with Gasteiger partial charge >= 0.3 is 0 Å². The molecule has 5 rings (SSSR count). The van der Waals surface area contributed by atoms with E-state index in [1.807, 2.05) is 72.8 Å². The van der Waals surface area contributed by atoms with Crippen LogP contribution in [0.5, 0.6) is 11.5 Å². The van der Waals surface area contributed by atoms with Gasteiger partial charge in [-0.05, 0) is 42.0 Å². The summed E-state index contributed by atoms with van der Waals surface area (Å²) < 4.78 is 13.8. The Balaban J connectivity index is 1.59. The molecule has 0 unspecified atom stereocenters. The predicted molar refractivity (Wildman–Crippen MR) is 124 cm³/mol. The van der Waals surface area contributed by atoms with Crippen LogP contribution < -0.4 is 19.6 Å². The number of benzene rings is 3. The van der Waals surface area contributed by atoms with Crippen LogP contribution >= 0.6 is 22.9 Å². The molecule has 0 amide bonds. The van der Waals surface area contributed by atoms with Crippen molar-refractivity contribution in [1.29, 1.82) is 0 Å². The number of aromatic nitrogens is 2. The first-order valence-electron chi connectivity index (χ1n) is 9.60. The lowest BCUT2D eigenvalue weighted by molar-refractivity contribution is 0.284. The second-order valence-electron chi connectivity index (χ2n) is 6.93. The fraction of sp³-hybridized carbons (Fsp3) is 0.0833. The largest absolute Gasteiger partial charge is 0.493 e. The van der Waals surface area contributed by atoms with Gasteiger partial charge in [0.2, 0.25) is 0 Å². The number of rotatable bonds is 5. The molecular weight excluding hydrogens is 432 g/mol. The van der Waals surface area contributed by atoms with Crippen molar-refractivity contribution < 1.29 is 9.47 Å². The van der Waals surface area contributed by atoms with E-state index in [-0.39, 0.29) is 5.56 Å². The monoisotopic (exact) mass is 448 g/mol. The third-order valence-electron chi connectivity index (χ3n) is 4.93. The maximum Gasteiger partial charge on any atom is 0.274 e. The molecule has 31 heavy (non-hydrogen) atoms. The molecule has 0 N–H and O–H groups in total. The number of hydrogen-bond donors (Lipinski definition) is 0. The van der Waals surface area contributed by atoms with Gasteiger partial charge < -0.3 is 9.47 Å². The Kier molecular flexibility index (Phi) is 5.10. The molecule has 0 saturated carbocycles. The van der Waals surface area contributed by atoms with Crippen molar-refractivity contribution in [2.75, 3.05) is 7.11 Å². The van der Waals surface area contributed by atoms with Gasteiger partial charge in [0.05, 0.1) is 22.7 Å². The van der Waals surface area contributed by atoms with Crippen molar-refractivity contribution in [3.8, 4) is 11.5 Å². The zero-order chi connectivity index (χ0) is 21.4. The third-order valence-corrected chi connectivity index (χ3v) is 6.14. The SMILES string of the molecule is COc1cccc(/C=c2\sc3nc4ccccc4n3c2=O)c1OCc1cccc(Cl)c1. The Morgan fingerprint density at radius 1 is 1.10 bits per heavy atom. The van der Waals surface area contributed by atoms with E-state index in [0.717, 1.165) is 22.2 Å². The third kappa shape index (κ3) is 3.65. The molecule has 0 aliphatic heterocycles. The van der Waals surface area contributed by atoms with Crippen LogP contribution in [0.25, 0.3) is 22.1 Å². The van der Waals surface area contributed by atoms with Crippen molar-refractivity contribution in [2.45, 2.75) is 6.61 Å². The van der Waals surface area contributed by atoms with Crippen molar-refractivity contribution in [3.63, 3.8) is 0 Å². The summed E-state index contributed by atoms with van der Waals surface area (Å²) in [4.78, 5) is 18.3. The molecule has 2 aromatic heterocycles. The molecule has 154 valence electrons. The summed E-state index contributed by atoms with van der Waals surface area (Å²) in [5.74, 6) is 1.16. The number of fused-ring (bicyclic) bond motifs is 3. The Hall–Kier alpha value is -3.35. The lowest BCUT2D eigenvalue weighted by atomic mass is 10.1. The van der Waals surface area contributed by atoms with Crippen LogP contribution in [0.4, 0.5) is 0 Å². The molecule has 3 aromatic carbocycles. The van der Waals surface area contributed by atoms with Gasteiger partial charge in [-0.1, -0.05) is 59.3 Å². The molecule has 0 aliphatic carbocycles. The summed E-state index contributed by atoms with van der Waals surface area (Å²) in [5.41, 5.74) is 3.21. The first kappa shape index (κ1) is 19.6. The highest BCUT2D eigenvalue weighted by Crippen LogP contribution is 2.32. The molecule has 5 aromatic rings. The van der Waals surface area contributed by atoms with Gasteiger partial charge in [0, 0.05) is 10.6 Å². The molecule has 0 aliphatic rings. The van der Waals surface area contributed by atoms with Crippen molar-refractivity contribution in [1.82, 2.24) is 9.38 Å². The molecule has 5 nitrogen and oxygen atoms in total. The van der Waals surface area contributed by atoms with Gasteiger partial charge in [-0.3, -0.25) is 4.79 Å². The maximum atomic E-state index is 13.1. The minimum Gasteiger partial charge on any atom is -0.493 e. The van der Waals surface area contributed by atoms with E-state index in [1.54, 1.807) is 11.5 Å². The summed E-state index contributed by atoms with van der Waals surface area (Å²) in [7, 11) is 1.59. The number of hydrogen-bond acceptors (Lipinski definition) is 5. The molecule has 0 radical (unpaired) electrons. The van der Waals surface area contributed by atoms with E-state index in [9.17, 15) is 4.79 Å². The van der Waals surface area contributed by atoms with Gasteiger partial charge in [0.1, 0.15) is 6.61 Å². The van der Waals surface area contributed by atoms with Crippen molar-refractivity contribution in [3.05, 3.63) is 97.8 Å². The molecule has 0 atom stereocenters. The predicted octanol–water partition coefficient (Wildman–Crippen LogP) is 4.70. The molecule has 0 saturated heterocycles. The highest BCUT2D eigenvalue weighted by atomic mass is 35.5. The van der Waals surface area contributed by atoms with Gasteiger partial charge in [-0.15, -0.1) is 0 Å². The van der Waals surface area contributed by atoms with E-state index in [2.05, 4.69) is 4.98 Å². The number of halogens is 1. The average molecular weight is 449 g/mol. The van der Waals surface area contributed by atoms with E-state index in [4.69, 9.17) is 21.1 Å². The summed E-state index contributed by atoms with van der Waals surface area (Å²) in [6.45, 7) is 0.324. The first-order valence-corrected chi connectivity index (χ1v) is 10.8. The van der Waals surface area contributed by atoms with Crippen molar-refractivity contribution in [2.24, 2.45) is 0 Å². The summed E-state index contributed by atoms with van der Waals surface area (Å²) in [6.07, 6.45) is 1.83. The van der Waals surface area contributed by atoms with Crippen LogP contribution in [0.3, 0.4) is 0 Å². The van der Waals surface area contributed by atoms with Gasteiger partial charge in [0.25, 0.3) is 5.56 Å². The van der Waals surface area contributed by atoms with Crippen molar-refractivity contribution >= 4 is 45.0 Å². The second-order valence-corrected chi connectivity index (χ2v) is 8.38. The van der Waals surface area contributed by atoms with Crippen LogP contribution in [-0.4, -0.2) is 16.5 Å². The number of thiazole rings is 1. The molecule has 7 heteroatoms. The lowest BCUT2D eigenvalue weighted by Gasteiger charge is -2.13. The Bertz CT molecular complexity index is 1520. The Labute approximate surface area is 186 Å². The number of imidazole rings is 1. The number of ether oxygens (including phenoxy) is 2. The lowest BCUT2D eigenvalue weighted by Crippen LogP contribution is -2.22. The van der Waals surface area contributed by atoms with Gasteiger partial charge in [0.15, 0.2) is 16.5 Å². The van der Waals surface area contributed by atoms with E-state index in [1.165, 1.54) is 11.3 Å². The zero-order valence-corrected chi connectivity index (χ0v) is 18.1. The maximum absolute atomic E-state index is 13.1. The first-order chi connectivity index (χ1) is 15.1. The summed E-state index contributed by atoms with van der Waals surface area (Å²) in [5, 5.41) is 0.651. The topological polar surface area (TPSA) is 52.8 Å². The number of methoxy groups -OCH3 is 1. The standard InChI is InChI=1S/C24H17ClN2O3S/c1-29-20-11-5-7-16(22(20)30-14-15-6-4-8-17(25)12-15)13-21-23(28)27-19-10-3-2-9-18(19)26-24(27)31-21/h2-13H,14H2,1H3/b21-13-. The Morgan fingerprint density at radius 2 is 1.94 bits per heavy atom. The Morgan fingerprint density at radius 3 is 2.77 bits per heavy atom. The van der Waals surface area contributed by atoms with Crippen LogP contribution in [0.15, 0.2) is 71.5 Å². The quantitative estimate of drug-likeness (QED) is 0.391. The van der Waals surface area contributed by atoms with Crippen LogP contribution in [-0.2, 0) is 6.61 Å². The minimum atomic E-state index is -0.0997. The fourth-order valence-electron chi connectivity index (χ4n) is 3.50. The van der Waals surface area contributed by atoms with Crippen LogP contribution in [0.2, 0.25) is 5.02 Å². The second kappa shape index (κ2) is 8.06. The fourth-order valence-corrected chi connectivity index (χ4v) is 4.69. The summed E-state index contributed by atoms with van der Waals surface area (Å²) >= 11 is 7.44. The molecular formula is C24H17ClN2O3S. The van der Waals surface area contributed by atoms with E-state index in [0.29, 0.717) is 32.6 Å². The molecule has 0 bridgehead atoms. The van der Waals surface area contributed by atoms with Gasteiger partial charge in [-0.2, -0.15) is 0 Å². The van der Waals surface area contributed by atoms with Crippen LogP contribution in [0, 0.1) is 0 Å². The number of para-hydroxylation sites is 3. The van der Waals surface area contributed by atoms with Crippen LogP contribution in [0.1, 0.15) is 11.1 Å². The average Bonchev–Trinajstić information content (AvgIpc) is 3.29. The molecule has 0 fully saturated rings. The normalized spacial score (nSPS) is 12.0. The molecule has 2 heterocycles. The van der Waals surface area contributed by atoms with E-state index < -0.39 is 0 Å². The zero-order valence-electron chi connectivity index (χ0n) is 16.5. The number of nitrogens with zero attached hydrogens (tertiary/aromatic N) is 2. The summed E-state index contributed by atoms with van der Waals surface area (Å²) in [6, 6.07) is 20.7. The smallest absolute Gasteiger partial charge is 0.274 e.